The van der Waals surface area contributed by atoms with Gasteiger partial charge in [0.25, 0.3) is 0 Å². The Morgan fingerprint density at radius 3 is 2.51 bits per heavy atom. The van der Waals surface area contributed by atoms with Gasteiger partial charge in [-0.3, -0.25) is 4.79 Å². The molecular weight excluding hydrogens is 569 g/mol. The summed E-state index contributed by atoms with van der Waals surface area (Å²) < 4.78 is 8.08. The van der Waals surface area contributed by atoms with Gasteiger partial charge in [0.1, 0.15) is 11.5 Å². The number of rotatable bonds is 18. The van der Waals surface area contributed by atoms with Crippen molar-refractivity contribution in [3.63, 3.8) is 0 Å². The molecule has 45 heavy (non-hydrogen) atoms. The van der Waals surface area contributed by atoms with E-state index in [1.165, 1.54) is 39.4 Å². The summed E-state index contributed by atoms with van der Waals surface area (Å²) in [5, 5.41) is 1.33. The molecule has 2 aromatic rings. The zero-order valence-electron chi connectivity index (χ0n) is 27.7. The summed E-state index contributed by atoms with van der Waals surface area (Å²) in [6, 6.07) is 4.47. The molecule has 0 saturated carbocycles. The van der Waals surface area contributed by atoms with Crippen molar-refractivity contribution in [2.24, 2.45) is 0 Å². The van der Waals surface area contributed by atoms with E-state index in [1.54, 1.807) is 6.08 Å². The summed E-state index contributed by atoms with van der Waals surface area (Å²) in [5.41, 5.74) is 11.3. The van der Waals surface area contributed by atoms with Gasteiger partial charge in [-0.1, -0.05) is 83.5 Å². The lowest BCUT2D eigenvalue weighted by molar-refractivity contribution is -0.113. The highest BCUT2D eigenvalue weighted by atomic mass is 31.1. The Labute approximate surface area is 272 Å². The number of carbonyl (C=O) groups is 1. The first kappa shape index (κ1) is 36.8. The second-order valence-corrected chi connectivity index (χ2v) is 11.5. The van der Waals surface area contributed by atoms with E-state index < -0.39 is 0 Å². The highest BCUT2D eigenvalue weighted by molar-refractivity contribution is 7.42. The molecule has 234 valence electrons. The van der Waals surface area contributed by atoms with Crippen LogP contribution in [0.4, 0.5) is 0 Å². The lowest BCUT2D eigenvalue weighted by atomic mass is 9.98. The van der Waals surface area contributed by atoms with Crippen LogP contribution in [0.5, 0.6) is 0 Å². The van der Waals surface area contributed by atoms with Crippen molar-refractivity contribution in [3.8, 4) is 0 Å². The number of aromatic nitrogens is 1. The Kier molecular flexibility index (Phi) is 16.2. The molecule has 1 heterocycles. The lowest BCUT2D eigenvalue weighted by Gasteiger charge is -2.12. The van der Waals surface area contributed by atoms with Crippen molar-refractivity contribution in [1.29, 1.82) is 0 Å². The maximum atomic E-state index is 12.3. The van der Waals surface area contributed by atoms with Gasteiger partial charge in [0.2, 0.25) is 0 Å². The van der Waals surface area contributed by atoms with Gasteiger partial charge in [0.05, 0.1) is 0 Å². The molecule has 4 heteroatoms. The minimum atomic E-state index is -0.0659. The summed E-state index contributed by atoms with van der Waals surface area (Å²) >= 11 is 0. The topological polar surface area (TPSA) is 31.2 Å². The SMILES string of the molecule is C=CC(=C)O/C(C)=C/C(=C\C(=C)CCn1c(C=P/C=C/C=C=C/C=C\C)c(C)c2c(C/C=C\CC)c(C)ccc21)CC(=O)C=C. The zero-order valence-corrected chi connectivity index (χ0v) is 28.6. The van der Waals surface area contributed by atoms with Crippen LogP contribution in [-0.2, 0) is 22.5 Å². The highest BCUT2D eigenvalue weighted by Gasteiger charge is 2.17. The van der Waals surface area contributed by atoms with Crippen molar-refractivity contribution in [2.75, 3.05) is 0 Å². The third-order valence-corrected chi connectivity index (χ3v) is 7.83. The van der Waals surface area contributed by atoms with E-state index in [-0.39, 0.29) is 12.2 Å². The van der Waals surface area contributed by atoms with Crippen LogP contribution in [-0.4, -0.2) is 16.1 Å². The zero-order chi connectivity index (χ0) is 33.2. The van der Waals surface area contributed by atoms with E-state index in [2.05, 4.69) is 93.3 Å². The Hall–Kier alpha value is -4.42. The van der Waals surface area contributed by atoms with E-state index in [0.29, 0.717) is 17.9 Å². The molecular formula is C41H48NO2P. The summed E-state index contributed by atoms with van der Waals surface area (Å²) in [4.78, 5) is 12.3. The molecule has 0 aliphatic carbocycles. The second kappa shape index (κ2) is 19.8. The number of carbonyl (C=O) groups excluding carboxylic acids is 1. The number of aryl methyl sites for hydroxylation is 3. The Bertz CT molecular complexity index is 1660. The normalized spacial score (nSPS) is 12.4. The van der Waals surface area contributed by atoms with Gasteiger partial charge in [-0.15, -0.1) is 5.73 Å². The van der Waals surface area contributed by atoms with Crippen LogP contribution < -0.4 is 0 Å². The Morgan fingerprint density at radius 2 is 1.82 bits per heavy atom. The number of fused-ring (bicyclic) bond motifs is 1. The van der Waals surface area contributed by atoms with E-state index in [4.69, 9.17) is 4.74 Å². The molecule has 0 radical (unpaired) electrons. The third-order valence-electron chi connectivity index (χ3n) is 7.10. The molecule has 0 unspecified atom stereocenters. The van der Waals surface area contributed by atoms with Gasteiger partial charge in [-0.25, -0.2) is 0 Å². The summed E-state index contributed by atoms with van der Waals surface area (Å²) in [6.45, 7) is 26.7. The van der Waals surface area contributed by atoms with E-state index in [9.17, 15) is 4.79 Å². The largest absolute Gasteiger partial charge is 0.463 e. The van der Waals surface area contributed by atoms with E-state index >= 15 is 0 Å². The predicted octanol–water partition coefficient (Wildman–Crippen LogP) is 11.3. The summed E-state index contributed by atoms with van der Waals surface area (Å²) in [6.07, 6.45) is 23.9. The van der Waals surface area contributed by atoms with Crippen LogP contribution in [0.3, 0.4) is 0 Å². The fourth-order valence-electron chi connectivity index (χ4n) is 4.90. The average Bonchev–Trinajstić information content (AvgIpc) is 3.28. The third kappa shape index (κ3) is 11.9. The molecule has 0 atom stereocenters. The molecule has 0 spiro atoms. The Balaban J connectivity index is 2.54. The van der Waals surface area contributed by atoms with Crippen LogP contribution in [0.1, 0.15) is 62.4 Å². The van der Waals surface area contributed by atoms with E-state index in [0.717, 1.165) is 38.7 Å². The Morgan fingerprint density at radius 1 is 1.07 bits per heavy atom. The van der Waals surface area contributed by atoms with Crippen LogP contribution >= 0.6 is 8.20 Å². The highest BCUT2D eigenvalue weighted by Crippen LogP contribution is 2.32. The number of ether oxygens (including phenoxy) is 1. The molecule has 2 rings (SSSR count). The van der Waals surface area contributed by atoms with Gasteiger partial charge in [0, 0.05) is 29.6 Å². The molecule has 0 N–H and O–H groups in total. The molecule has 1 aromatic heterocycles. The minimum absolute atomic E-state index is 0.0659. The van der Waals surface area contributed by atoms with Gasteiger partial charge >= 0.3 is 0 Å². The van der Waals surface area contributed by atoms with Gasteiger partial charge in [-0.05, 0) is 123 Å². The molecule has 0 amide bonds. The van der Waals surface area contributed by atoms with Crippen LogP contribution in [0.2, 0.25) is 0 Å². The van der Waals surface area contributed by atoms with Crippen molar-refractivity contribution in [3.05, 3.63) is 162 Å². The number of hydrogen-bond acceptors (Lipinski definition) is 2. The lowest BCUT2D eigenvalue weighted by Crippen LogP contribution is -2.04. The molecule has 3 nitrogen and oxygen atoms in total. The van der Waals surface area contributed by atoms with Crippen molar-refractivity contribution >= 4 is 30.7 Å². The maximum absolute atomic E-state index is 12.3. The summed E-state index contributed by atoms with van der Waals surface area (Å²) in [7, 11) is 1.09. The van der Waals surface area contributed by atoms with E-state index in [1.807, 2.05) is 56.4 Å². The quantitative estimate of drug-likeness (QED) is 0.0416. The number of nitrogens with zero attached hydrogens (tertiary/aromatic N) is 1. The number of ketones is 1. The number of hydrogen-bond donors (Lipinski definition) is 0. The molecule has 0 saturated heterocycles. The second-order valence-electron chi connectivity index (χ2n) is 10.6. The van der Waals surface area contributed by atoms with Gasteiger partial charge < -0.3 is 9.30 Å². The van der Waals surface area contributed by atoms with Crippen LogP contribution in [0.25, 0.3) is 10.9 Å². The number of benzene rings is 1. The first-order valence-corrected chi connectivity index (χ1v) is 16.4. The monoisotopic (exact) mass is 617 g/mol. The van der Waals surface area contributed by atoms with Crippen LogP contribution in [0, 0.1) is 13.8 Å². The number of allylic oxidation sites excluding steroid dienone is 13. The maximum Gasteiger partial charge on any atom is 0.159 e. The molecule has 0 aliphatic heterocycles. The fourth-order valence-corrected chi connectivity index (χ4v) is 5.64. The molecule has 0 fully saturated rings. The summed E-state index contributed by atoms with van der Waals surface area (Å²) in [5.74, 6) is 5.41. The van der Waals surface area contributed by atoms with Crippen LogP contribution in [0.15, 0.2) is 139 Å². The van der Waals surface area contributed by atoms with Gasteiger partial charge in [0.15, 0.2) is 5.78 Å². The average molecular weight is 618 g/mol. The standard InChI is InChI=1S/C41H48NO2P/c1-10-14-16-17-18-20-26-45-30-40-35(9)41-38(21-19-15-11-2)32(6)22-23-39(41)42(40)25-24-31(5)27-36(29-37(43)13-4)28-34(8)44-33(7)12-3/h10,12-16,18-20,22-23,26-28,30H,3-5,7,11,21,24-25,29H2,1-2,6,8-9H3/b14-10-,19-15-,26-20+,34-28+,36-27+. The molecule has 0 bridgehead atoms. The smallest absolute Gasteiger partial charge is 0.159 e. The first-order chi connectivity index (χ1) is 21.7. The minimum Gasteiger partial charge on any atom is -0.463 e. The fraction of sp³-hybridized carbons (Fsp3) is 0.244. The van der Waals surface area contributed by atoms with Crippen molar-refractivity contribution < 1.29 is 9.53 Å². The first-order valence-electron chi connectivity index (χ1n) is 15.4. The van der Waals surface area contributed by atoms with Gasteiger partial charge in [-0.2, -0.15) is 0 Å². The van der Waals surface area contributed by atoms with Crippen molar-refractivity contribution in [1.82, 2.24) is 4.57 Å². The molecule has 0 aliphatic rings. The van der Waals surface area contributed by atoms with Crippen molar-refractivity contribution in [2.45, 2.75) is 66.8 Å². The molecule has 1 aromatic carbocycles. The predicted molar refractivity (Wildman–Crippen MR) is 199 cm³/mol.